The normalized spacial score (nSPS) is 12.1. The first-order chi connectivity index (χ1) is 7.54. The molecular formula is C11H17FO3Si. The number of hydrogen-bond acceptors (Lipinski definition) is 3. The zero-order valence-corrected chi connectivity index (χ0v) is 11.0. The number of rotatable bonds is 5. The van der Waals surface area contributed by atoms with Gasteiger partial charge in [-0.15, -0.1) is 0 Å². The summed E-state index contributed by atoms with van der Waals surface area (Å²) in [6.45, 7) is 3.81. The van der Waals surface area contributed by atoms with Crippen molar-refractivity contribution in [2.75, 3.05) is 14.2 Å². The molecule has 1 aromatic rings. The predicted molar refractivity (Wildman–Crippen MR) is 62.0 cm³/mol. The van der Waals surface area contributed by atoms with Gasteiger partial charge >= 0.3 is 8.80 Å². The third-order valence-corrected chi connectivity index (χ3v) is 5.02. The lowest BCUT2D eigenvalue weighted by Crippen LogP contribution is -2.56. The maximum atomic E-state index is 12.8. The van der Waals surface area contributed by atoms with Crippen molar-refractivity contribution in [2.24, 2.45) is 0 Å². The van der Waals surface area contributed by atoms with Gasteiger partial charge in [-0.05, 0) is 26.0 Å². The van der Waals surface area contributed by atoms with Crippen molar-refractivity contribution in [3.05, 3.63) is 30.1 Å². The lowest BCUT2D eigenvalue weighted by atomic mass is 10.3. The molecule has 0 aliphatic heterocycles. The summed E-state index contributed by atoms with van der Waals surface area (Å²) in [5.41, 5.74) is 0. The van der Waals surface area contributed by atoms with Crippen LogP contribution in [0.5, 0.6) is 0 Å². The summed E-state index contributed by atoms with van der Waals surface area (Å²) in [6, 6.07) is 6.02. The van der Waals surface area contributed by atoms with Crippen molar-refractivity contribution in [3.63, 3.8) is 0 Å². The number of halogens is 1. The van der Waals surface area contributed by atoms with Gasteiger partial charge in [-0.3, -0.25) is 0 Å². The standard InChI is InChI=1S/C11H17FO3Si/c1-9(2)15-16(13-3,14-4)11-7-5-10(12)6-8-11/h5-9H,1-4H3. The molecule has 0 fully saturated rings. The lowest BCUT2D eigenvalue weighted by molar-refractivity contribution is 0.0838. The van der Waals surface area contributed by atoms with E-state index in [0.717, 1.165) is 5.19 Å². The van der Waals surface area contributed by atoms with Crippen LogP contribution < -0.4 is 5.19 Å². The molecule has 0 aliphatic carbocycles. The molecule has 0 bridgehead atoms. The molecule has 0 aromatic heterocycles. The van der Waals surface area contributed by atoms with E-state index in [0.29, 0.717) is 0 Å². The summed E-state index contributed by atoms with van der Waals surface area (Å²) in [5, 5.41) is 0.757. The highest BCUT2D eigenvalue weighted by Gasteiger charge is 2.42. The summed E-state index contributed by atoms with van der Waals surface area (Å²) >= 11 is 0. The first-order valence-corrected chi connectivity index (χ1v) is 6.80. The van der Waals surface area contributed by atoms with Crippen molar-refractivity contribution in [1.82, 2.24) is 0 Å². The molecule has 0 spiro atoms. The van der Waals surface area contributed by atoms with Gasteiger partial charge in [-0.25, -0.2) is 4.39 Å². The second kappa shape index (κ2) is 5.54. The third-order valence-electron chi connectivity index (χ3n) is 2.13. The van der Waals surface area contributed by atoms with E-state index in [9.17, 15) is 4.39 Å². The van der Waals surface area contributed by atoms with E-state index in [1.807, 2.05) is 13.8 Å². The average Bonchev–Trinajstić information content (AvgIpc) is 2.27. The molecule has 5 heteroatoms. The second-order valence-electron chi connectivity index (χ2n) is 3.64. The van der Waals surface area contributed by atoms with Gasteiger partial charge in [-0.1, -0.05) is 12.1 Å². The molecule has 0 aliphatic rings. The number of benzene rings is 1. The smallest absolute Gasteiger partial charge is 0.373 e. The van der Waals surface area contributed by atoms with Gasteiger partial charge in [-0.2, -0.15) is 0 Å². The topological polar surface area (TPSA) is 27.7 Å². The Morgan fingerprint density at radius 1 is 1.06 bits per heavy atom. The highest BCUT2D eigenvalue weighted by molar-refractivity contribution is 6.75. The molecule has 0 amide bonds. The summed E-state index contributed by atoms with van der Waals surface area (Å²) in [7, 11) is 0.214. The van der Waals surface area contributed by atoms with Crippen molar-refractivity contribution in [3.8, 4) is 0 Å². The fraction of sp³-hybridized carbons (Fsp3) is 0.455. The van der Waals surface area contributed by atoms with E-state index < -0.39 is 8.80 Å². The Balaban J connectivity index is 3.04. The van der Waals surface area contributed by atoms with Crippen LogP contribution in [-0.2, 0) is 13.3 Å². The van der Waals surface area contributed by atoms with Crippen LogP contribution in [0, 0.1) is 5.82 Å². The first kappa shape index (κ1) is 13.3. The fourth-order valence-corrected chi connectivity index (χ4v) is 3.61. The average molecular weight is 244 g/mol. The van der Waals surface area contributed by atoms with E-state index >= 15 is 0 Å². The van der Waals surface area contributed by atoms with Crippen LogP contribution in [0.4, 0.5) is 4.39 Å². The van der Waals surface area contributed by atoms with Gasteiger partial charge in [0, 0.05) is 25.5 Å². The van der Waals surface area contributed by atoms with Gasteiger partial charge in [0.25, 0.3) is 0 Å². The van der Waals surface area contributed by atoms with Crippen LogP contribution >= 0.6 is 0 Å². The fourth-order valence-electron chi connectivity index (χ4n) is 1.45. The largest absolute Gasteiger partial charge is 0.536 e. The molecule has 16 heavy (non-hydrogen) atoms. The van der Waals surface area contributed by atoms with E-state index in [-0.39, 0.29) is 11.9 Å². The second-order valence-corrected chi connectivity index (χ2v) is 6.38. The molecule has 1 aromatic carbocycles. The number of hydrogen-bond donors (Lipinski definition) is 0. The van der Waals surface area contributed by atoms with Crippen LogP contribution in [0.1, 0.15) is 13.8 Å². The lowest BCUT2D eigenvalue weighted by Gasteiger charge is -2.28. The summed E-state index contributed by atoms with van der Waals surface area (Å²) < 4.78 is 29.4. The van der Waals surface area contributed by atoms with E-state index in [1.165, 1.54) is 12.1 Å². The minimum absolute atomic E-state index is 0.0170. The summed E-state index contributed by atoms with van der Waals surface area (Å²) in [5.74, 6) is -0.289. The van der Waals surface area contributed by atoms with E-state index in [4.69, 9.17) is 13.3 Å². The quantitative estimate of drug-likeness (QED) is 0.738. The summed E-state index contributed by atoms with van der Waals surface area (Å²) in [6.07, 6.45) is -0.0170. The Morgan fingerprint density at radius 2 is 1.56 bits per heavy atom. The van der Waals surface area contributed by atoms with E-state index in [1.54, 1.807) is 26.4 Å². The van der Waals surface area contributed by atoms with Gasteiger partial charge in [0.2, 0.25) is 0 Å². The molecule has 90 valence electrons. The molecule has 1 rings (SSSR count). The molecule has 0 unspecified atom stereocenters. The zero-order chi connectivity index (χ0) is 12.2. The maximum Gasteiger partial charge on any atom is 0.536 e. The minimum Gasteiger partial charge on any atom is -0.373 e. The Kier molecular flexibility index (Phi) is 4.61. The van der Waals surface area contributed by atoms with Gasteiger partial charge in [0.1, 0.15) is 5.82 Å². The Labute approximate surface area is 96.5 Å². The monoisotopic (exact) mass is 244 g/mol. The van der Waals surface area contributed by atoms with Gasteiger partial charge in [0.15, 0.2) is 0 Å². The molecule has 0 heterocycles. The third kappa shape index (κ3) is 2.88. The summed E-state index contributed by atoms with van der Waals surface area (Å²) in [4.78, 5) is 0. The molecule has 3 nitrogen and oxygen atoms in total. The van der Waals surface area contributed by atoms with Crippen molar-refractivity contribution in [1.29, 1.82) is 0 Å². The molecule has 0 saturated carbocycles. The Hall–Kier alpha value is -0.753. The van der Waals surface area contributed by atoms with Crippen molar-refractivity contribution >= 4 is 14.0 Å². The van der Waals surface area contributed by atoms with Crippen LogP contribution in [0.3, 0.4) is 0 Å². The van der Waals surface area contributed by atoms with E-state index in [2.05, 4.69) is 0 Å². The zero-order valence-electron chi connectivity index (χ0n) is 9.99. The Morgan fingerprint density at radius 3 is 1.94 bits per heavy atom. The van der Waals surface area contributed by atoms with Crippen molar-refractivity contribution in [2.45, 2.75) is 20.0 Å². The molecular weight excluding hydrogens is 227 g/mol. The SMILES string of the molecule is CO[Si](OC)(OC(C)C)c1ccc(F)cc1. The maximum absolute atomic E-state index is 12.8. The predicted octanol–water partition coefficient (Wildman–Crippen LogP) is 1.69. The van der Waals surface area contributed by atoms with Crippen LogP contribution in [0.15, 0.2) is 24.3 Å². The highest BCUT2D eigenvalue weighted by Crippen LogP contribution is 2.11. The van der Waals surface area contributed by atoms with Crippen LogP contribution in [-0.4, -0.2) is 29.1 Å². The molecule has 0 N–H and O–H groups in total. The molecule has 0 radical (unpaired) electrons. The highest BCUT2D eigenvalue weighted by atomic mass is 28.4. The van der Waals surface area contributed by atoms with Crippen LogP contribution in [0.2, 0.25) is 0 Å². The van der Waals surface area contributed by atoms with Gasteiger partial charge in [0.05, 0.1) is 0 Å². The Bertz CT molecular complexity index is 323. The molecule has 0 atom stereocenters. The van der Waals surface area contributed by atoms with Crippen molar-refractivity contribution < 1.29 is 17.7 Å². The minimum atomic E-state index is -2.87. The van der Waals surface area contributed by atoms with Gasteiger partial charge < -0.3 is 13.3 Å². The first-order valence-electron chi connectivity index (χ1n) is 5.08. The molecule has 0 saturated heterocycles. The van der Waals surface area contributed by atoms with Crippen LogP contribution in [0.25, 0.3) is 0 Å².